The lowest BCUT2D eigenvalue weighted by Gasteiger charge is -2.22. The summed E-state index contributed by atoms with van der Waals surface area (Å²) >= 11 is 0. The molecule has 0 N–H and O–H groups in total. The predicted molar refractivity (Wildman–Crippen MR) is 212 cm³/mol. The molecule has 2 nitrogen and oxygen atoms in total. The van der Waals surface area contributed by atoms with E-state index in [1.54, 1.807) is 0 Å². The van der Waals surface area contributed by atoms with E-state index in [2.05, 4.69) is 172 Å². The van der Waals surface area contributed by atoms with Gasteiger partial charge in [0, 0.05) is 22.1 Å². The summed E-state index contributed by atoms with van der Waals surface area (Å²) in [7, 11) is 0. The van der Waals surface area contributed by atoms with Crippen molar-refractivity contribution in [3.63, 3.8) is 0 Å². The van der Waals surface area contributed by atoms with Gasteiger partial charge in [-0.05, 0) is 79.9 Å². The molecule has 1 aliphatic carbocycles. The van der Waals surface area contributed by atoms with Crippen molar-refractivity contribution in [2.75, 3.05) is 0 Å². The van der Waals surface area contributed by atoms with Crippen molar-refractivity contribution in [3.05, 3.63) is 193 Å². The molecular formula is C49H36N2. The van der Waals surface area contributed by atoms with Crippen LogP contribution in [0.4, 0.5) is 0 Å². The molecule has 0 saturated carbocycles. The molecule has 0 unspecified atom stereocenters. The van der Waals surface area contributed by atoms with Crippen molar-refractivity contribution < 1.29 is 0 Å². The molecule has 0 fully saturated rings. The first-order valence-electron chi connectivity index (χ1n) is 17.6. The van der Waals surface area contributed by atoms with Crippen LogP contribution in [0, 0.1) is 0 Å². The summed E-state index contributed by atoms with van der Waals surface area (Å²) in [5.74, 6) is 0.712. The number of hydrogen-bond acceptors (Lipinski definition) is 2. The van der Waals surface area contributed by atoms with Crippen LogP contribution < -0.4 is 0 Å². The number of aromatic nitrogens is 2. The van der Waals surface area contributed by atoms with Gasteiger partial charge in [0.25, 0.3) is 0 Å². The normalized spacial score (nSPS) is 12.7. The zero-order chi connectivity index (χ0) is 34.4. The molecule has 0 saturated heterocycles. The minimum Gasteiger partial charge on any atom is -0.228 e. The molecule has 0 amide bonds. The van der Waals surface area contributed by atoms with Gasteiger partial charge in [-0.1, -0.05) is 172 Å². The maximum absolute atomic E-state index is 5.12. The Hall–Kier alpha value is -6.38. The first kappa shape index (κ1) is 30.7. The highest BCUT2D eigenvalue weighted by molar-refractivity contribution is 5.85. The number of hydrogen-bond donors (Lipinski definition) is 0. The minimum absolute atomic E-state index is 0.0349. The first-order valence-corrected chi connectivity index (χ1v) is 17.6. The molecule has 0 radical (unpaired) electrons. The van der Waals surface area contributed by atoms with Crippen LogP contribution in [0.15, 0.2) is 182 Å². The highest BCUT2D eigenvalue weighted by Gasteiger charge is 2.35. The van der Waals surface area contributed by atoms with Gasteiger partial charge in [-0.25, -0.2) is 9.97 Å². The fraction of sp³-hybridized carbons (Fsp3) is 0.0612. The molecule has 0 spiro atoms. The Morgan fingerprint density at radius 2 is 0.765 bits per heavy atom. The van der Waals surface area contributed by atoms with Crippen molar-refractivity contribution in [2.24, 2.45) is 0 Å². The smallest absolute Gasteiger partial charge is 0.160 e. The van der Waals surface area contributed by atoms with Gasteiger partial charge in [0.1, 0.15) is 0 Å². The maximum atomic E-state index is 5.12. The van der Waals surface area contributed by atoms with Crippen LogP contribution in [-0.2, 0) is 5.41 Å². The third-order valence-corrected chi connectivity index (χ3v) is 10.3. The summed E-state index contributed by atoms with van der Waals surface area (Å²) in [6.07, 6.45) is 0. The SMILES string of the molecule is CC1(C)c2ccccc2-c2ccc(-c3cccc(-c4cccc(-c5cc(-c6ccc(-c7ccccc7)cc6)nc(-c6ccccc6)n5)c4)c3)cc21. The van der Waals surface area contributed by atoms with E-state index >= 15 is 0 Å². The molecule has 2 heteroatoms. The first-order chi connectivity index (χ1) is 25.0. The summed E-state index contributed by atoms with van der Waals surface area (Å²) < 4.78 is 0. The van der Waals surface area contributed by atoms with Crippen molar-refractivity contribution in [2.45, 2.75) is 19.3 Å². The lowest BCUT2D eigenvalue weighted by atomic mass is 9.81. The molecule has 1 heterocycles. The second-order valence-electron chi connectivity index (χ2n) is 13.9. The number of fused-ring (bicyclic) bond motifs is 3. The van der Waals surface area contributed by atoms with Crippen molar-refractivity contribution in [1.82, 2.24) is 9.97 Å². The molecule has 8 aromatic rings. The number of nitrogens with zero attached hydrogens (tertiary/aromatic N) is 2. The van der Waals surface area contributed by atoms with E-state index in [4.69, 9.17) is 9.97 Å². The van der Waals surface area contributed by atoms with Gasteiger partial charge in [0.15, 0.2) is 5.82 Å². The van der Waals surface area contributed by atoms with Crippen molar-refractivity contribution in [1.29, 1.82) is 0 Å². The lowest BCUT2D eigenvalue weighted by molar-refractivity contribution is 0.660. The summed E-state index contributed by atoms with van der Waals surface area (Å²) in [6.45, 7) is 4.68. The summed E-state index contributed by atoms with van der Waals surface area (Å²) in [4.78, 5) is 10.2. The molecule has 0 bridgehead atoms. The topological polar surface area (TPSA) is 25.8 Å². The van der Waals surface area contributed by atoms with E-state index in [0.29, 0.717) is 5.82 Å². The Labute approximate surface area is 299 Å². The van der Waals surface area contributed by atoms with Gasteiger partial charge < -0.3 is 0 Å². The van der Waals surface area contributed by atoms with E-state index in [-0.39, 0.29) is 5.41 Å². The molecular weight excluding hydrogens is 617 g/mol. The quantitative estimate of drug-likeness (QED) is 0.179. The Bertz CT molecular complexity index is 2530. The summed E-state index contributed by atoms with van der Waals surface area (Å²) in [6, 6.07) is 64.9. The summed E-state index contributed by atoms with van der Waals surface area (Å²) in [5.41, 5.74) is 17.5. The van der Waals surface area contributed by atoms with E-state index in [0.717, 1.165) is 33.6 Å². The van der Waals surface area contributed by atoms with E-state index in [9.17, 15) is 0 Å². The third-order valence-electron chi connectivity index (χ3n) is 10.3. The van der Waals surface area contributed by atoms with Crippen molar-refractivity contribution >= 4 is 0 Å². The number of benzene rings is 7. The molecule has 0 aliphatic heterocycles. The van der Waals surface area contributed by atoms with Crippen LogP contribution >= 0.6 is 0 Å². The Morgan fingerprint density at radius 3 is 1.45 bits per heavy atom. The minimum atomic E-state index is -0.0349. The molecule has 51 heavy (non-hydrogen) atoms. The van der Waals surface area contributed by atoms with E-state index in [1.807, 2.05) is 24.3 Å². The molecule has 242 valence electrons. The van der Waals surface area contributed by atoms with Crippen LogP contribution in [0.3, 0.4) is 0 Å². The molecule has 1 aliphatic rings. The zero-order valence-electron chi connectivity index (χ0n) is 28.7. The zero-order valence-corrected chi connectivity index (χ0v) is 28.7. The van der Waals surface area contributed by atoms with Gasteiger partial charge in [-0.2, -0.15) is 0 Å². The van der Waals surface area contributed by atoms with E-state index < -0.39 is 0 Å². The fourth-order valence-electron chi connectivity index (χ4n) is 7.54. The van der Waals surface area contributed by atoms with Gasteiger partial charge >= 0.3 is 0 Å². The largest absolute Gasteiger partial charge is 0.228 e. The number of rotatable bonds is 6. The highest BCUT2D eigenvalue weighted by Crippen LogP contribution is 2.49. The Morgan fingerprint density at radius 1 is 0.314 bits per heavy atom. The average molecular weight is 653 g/mol. The fourth-order valence-corrected chi connectivity index (χ4v) is 7.54. The summed E-state index contributed by atoms with van der Waals surface area (Å²) in [5, 5.41) is 0. The molecule has 9 rings (SSSR count). The van der Waals surface area contributed by atoms with Crippen LogP contribution in [0.25, 0.3) is 78.4 Å². The van der Waals surface area contributed by atoms with Gasteiger partial charge in [0.05, 0.1) is 11.4 Å². The van der Waals surface area contributed by atoms with Crippen LogP contribution in [-0.4, -0.2) is 9.97 Å². The maximum Gasteiger partial charge on any atom is 0.160 e. The second-order valence-corrected chi connectivity index (χ2v) is 13.9. The highest BCUT2D eigenvalue weighted by atomic mass is 14.9. The lowest BCUT2D eigenvalue weighted by Crippen LogP contribution is -2.14. The molecule has 7 aromatic carbocycles. The second kappa shape index (κ2) is 12.5. The van der Waals surface area contributed by atoms with E-state index in [1.165, 1.54) is 50.1 Å². The van der Waals surface area contributed by atoms with Crippen molar-refractivity contribution in [3.8, 4) is 78.4 Å². The Kier molecular flexibility index (Phi) is 7.51. The molecule has 1 aromatic heterocycles. The predicted octanol–water partition coefficient (Wildman–Crippen LogP) is 12.8. The van der Waals surface area contributed by atoms with Gasteiger partial charge in [-0.15, -0.1) is 0 Å². The third kappa shape index (κ3) is 5.65. The average Bonchev–Trinajstić information content (AvgIpc) is 3.44. The van der Waals surface area contributed by atoms with Gasteiger partial charge in [-0.3, -0.25) is 0 Å². The van der Waals surface area contributed by atoms with Crippen LogP contribution in [0.2, 0.25) is 0 Å². The van der Waals surface area contributed by atoms with Crippen LogP contribution in [0.1, 0.15) is 25.0 Å². The Balaban J connectivity index is 1.08. The van der Waals surface area contributed by atoms with Crippen LogP contribution in [0.5, 0.6) is 0 Å². The standard InChI is InChI=1S/C49H36N2/c1-49(2)44-22-10-9-21-42(44)43-28-27-40(31-45(43)49)38-18-11-17-37(29-38)39-19-12-20-41(30-39)47-32-46(50-48(51-47)36-15-7-4-8-16-36)35-25-23-34(24-26-35)33-13-5-3-6-14-33/h3-32H,1-2H3. The molecule has 0 atom stereocenters. The van der Waals surface area contributed by atoms with Gasteiger partial charge in [0.2, 0.25) is 0 Å². The monoisotopic (exact) mass is 652 g/mol.